The van der Waals surface area contributed by atoms with Crippen LogP contribution in [-0.2, 0) is 13.5 Å². The van der Waals surface area contributed by atoms with Crippen molar-refractivity contribution in [3.05, 3.63) is 58.3 Å². The van der Waals surface area contributed by atoms with Crippen molar-refractivity contribution in [2.45, 2.75) is 6.42 Å². The molecular weight excluding hydrogens is 350 g/mol. The van der Waals surface area contributed by atoms with Gasteiger partial charge in [0.2, 0.25) is 0 Å². The van der Waals surface area contributed by atoms with E-state index in [9.17, 15) is 0 Å². The Morgan fingerprint density at radius 3 is 2.57 bits per heavy atom. The highest BCUT2D eigenvalue weighted by Crippen LogP contribution is 2.19. The highest BCUT2D eigenvalue weighted by molar-refractivity contribution is 9.10. The molecule has 0 fully saturated rings. The minimum absolute atomic E-state index is 0.742. The van der Waals surface area contributed by atoms with Crippen LogP contribution in [0.5, 0.6) is 0 Å². The van der Waals surface area contributed by atoms with Crippen LogP contribution < -0.4 is 4.90 Å². The summed E-state index contributed by atoms with van der Waals surface area (Å²) in [7, 11) is 6.08. The van der Waals surface area contributed by atoms with Gasteiger partial charge in [0.05, 0.1) is 5.69 Å². The number of anilines is 1. The van der Waals surface area contributed by atoms with E-state index in [-0.39, 0.29) is 0 Å². The molecule has 0 aliphatic rings. The van der Waals surface area contributed by atoms with Gasteiger partial charge >= 0.3 is 0 Å². The van der Waals surface area contributed by atoms with Crippen molar-refractivity contribution >= 4 is 32.7 Å². The van der Waals surface area contributed by atoms with Crippen molar-refractivity contribution < 1.29 is 0 Å². The SMILES string of the molecule is CN(C)c1ccc(CC#Cc2cc3ccc(Br)nc3n2C)cc1. The molecular formula is C19H18BrN3. The molecule has 2 heterocycles. The average molecular weight is 368 g/mol. The third-order valence-corrected chi connectivity index (χ3v) is 4.25. The van der Waals surface area contributed by atoms with E-state index in [0.29, 0.717) is 0 Å². The molecule has 23 heavy (non-hydrogen) atoms. The number of aryl methyl sites for hydroxylation is 1. The smallest absolute Gasteiger partial charge is 0.141 e. The molecule has 0 aliphatic heterocycles. The maximum Gasteiger partial charge on any atom is 0.141 e. The first kappa shape index (κ1) is 15.6. The van der Waals surface area contributed by atoms with Crippen molar-refractivity contribution in [1.82, 2.24) is 9.55 Å². The molecule has 0 N–H and O–H groups in total. The number of nitrogens with zero attached hydrogens (tertiary/aromatic N) is 3. The van der Waals surface area contributed by atoms with E-state index in [4.69, 9.17) is 0 Å². The summed E-state index contributed by atoms with van der Waals surface area (Å²) >= 11 is 3.41. The van der Waals surface area contributed by atoms with E-state index in [0.717, 1.165) is 27.8 Å². The van der Waals surface area contributed by atoms with E-state index < -0.39 is 0 Å². The number of pyridine rings is 1. The van der Waals surface area contributed by atoms with Gasteiger partial charge in [-0.05, 0) is 57.7 Å². The lowest BCUT2D eigenvalue weighted by atomic mass is 10.1. The minimum atomic E-state index is 0.742. The van der Waals surface area contributed by atoms with Crippen molar-refractivity contribution in [1.29, 1.82) is 0 Å². The first-order chi connectivity index (χ1) is 11.0. The van der Waals surface area contributed by atoms with Gasteiger partial charge in [-0.2, -0.15) is 0 Å². The van der Waals surface area contributed by atoms with E-state index in [1.54, 1.807) is 0 Å². The van der Waals surface area contributed by atoms with Crippen LogP contribution in [0.1, 0.15) is 11.3 Å². The van der Waals surface area contributed by atoms with Gasteiger partial charge in [0.25, 0.3) is 0 Å². The number of hydrogen-bond acceptors (Lipinski definition) is 2. The fraction of sp³-hybridized carbons (Fsp3) is 0.211. The normalized spacial score (nSPS) is 10.4. The lowest BCUT2D eigenvalue weighted by Gasteiger charge is -2.11. The molecule has 0 aliphatic carbocycles. The molecule has 0 radical (unpaired) electrons. The monoisotopic (exact) mass is 367 g/mol. The zero-order valence-corrected chi connectivity index (χ0v) is 15.1. The summed E-state index contributed by atoms with van der Waals surface area (Å²) in [5.41, 5.74) is 4.35. The Bertz CT molecular complexity index is 896. The zero-order chi connectivity index (χ0) is 16.4. The van der Waals surface area contributed by atoms with E-state index >= 15 is 0 Å². The topological polar surface area (TPSA) is 21.1 Å². The van der Waals surface area contributed by atoms with Gasteiger partial charge in [0, 0.05) is 38.6 Å². The second-order valence-electron chi connectivity index (χ2n) is 5.67. The second kappa shape index (κ2) is 6.47. The van der Waals surface area contributed by atoms with Gasteiger partial charge in [-0.15, -0.1) is 0 Å². The summed E-state index contributed by atoms with van der Waals surface area (Å²) < 4.78 is 2.87. The molecule has 2 aromatic heterocycles. The predicted molar refractivity (Wildman–Crippen MR) is 99.8 cm³/mol. The van der Waals surface area contributed by atoms with Crippen molar-refractivity contribution in [3.8, 4) is 11.8 Å². The van der Waals surface area contributed by atoms with Crippen LogP contribution in [0, 0.1) is 11.8 Å². The molecule has 3 aromatic rings. The Morgan fingerprint density at radius 2 is 1.87 bits per heavy atom. The molecule has 116 valence electrons. The van der Waals surface area contributed by atoms with Crippen LogP contribution in [0.15, 0.2) is 47.1 Å². The van der Waals surface area contributed by atoms with Gasteiger partial charge in [-0.3, -0.25) is 0 Å². The van der Waals surface area contributed by atoms with Gasteiger partial charge < -0.3 is 9.47 Å². The van der Waals surface area contributed by atoms with E-state index in [1.165, 1.54) is 11.3 Å². The van der Waals surface area contributed by atoms with Crippen molar-refractivity contribution in [3.63, 3.8) is 0 Å². The fourth-order valence-corrected chi connectivity index (χ4v) is 2.74. The Balaban J connectivity index is 1.80. The molecule has 0 saturated heterocycles. The predicted octanol–water partition coefficient (Wildman–Crippen LogP) is 4.00. The number of hydrogen-bond donors (Lipinski definition) is 0. The van der Waals surface area contributed by atoms with E-state index in [1.807, 2.05) is 31.8 Å². The second-order valence-corrected chi connectivity index (χ2v) is 6.49. The van der Waals surface area contributed by atoms with Crippen molar-refractivity contribution in [2.24, 2.45) is 7.05 Å². The number of rotatable bonds is 2. The lowest BCUT2D eigenvalue weighted by molar-refractivity contribution is 0.929. The fourth-order valence-electron chi connectivity index (χ4n) is 2.44. The maximum absolute atomic E-state index is 4.50. The number of fused-ring (bicyclic) bond motifs is 1. The highest BCUT2D eigenvalue weighted by Gasteiger charge is 2.05. The van der Waals surface area contributed by atoms with Crippen LogP contribution in [0.25, 0.3) is 11.0 Å². The summed E-state index contributed by atoms with van der Waals surface area (Å²) in [5, 5.41) is 1.11. The first-order valence-corrected chi connectivity index (χ1v) is 8.21. The van der Waals surface area contributed by atoms with Crippen LogP contribution in [0.3, 0.4) is 0 Å². The summed E-state index contributed by atoms with van der Waals surface area (Å²) in [6, 6.07) is 14.6. The number of benzene rings is 1. The Labute approximate surface area is 145 Å². The van der Waals surface area contributed by atoms with Crippen molar-refractivity contribution in [2.75, 3.05) is 19.0 Å². The first-order valence-electron chi connectivity index (χ1n) is 7.42. The number of aromatic nitrogens is 2. The quantitative estimate of drug-likeness (QED) is 0.504. The summed E-state index contributed by atoms with van der Waals surface area (Å²) in [6.45, 7) is 0. The van der Waals surface area contributed by atoms with Crippen LogP contribution in [0.2, 0.25) is 0 Å². The maximum atomic E-state index is 4.50. The molecule has 0 spiro atoms. The van der Waals surface area contributed by atoms with Crippen LogP contribution >= 0.6 is 15.9 Å². The molecule has 4 heteroatoms. The van der Waals surface area contributed by atoms with Gasteiger partial charge in [-0.25, -0.2) is 4.98 Å². The summed E-state index contributed by atoms with van der Waals surface area (Å²) in [4.78, 5) is 6.59. The van der Waals surface area contributed by atoms with Gasteiger partial charge in [0.1, 0.15) is 10.3 Å². The molecule has 3 rings (SSSR count). The Hall–Kier alpha value is -2.25. The standard InChI is InChI=1S/C19H18BrN3/c1-22(2)16-10-7-14(8-11-16)5-4-6-17-13-15-9-12-18(20)21-19(15)23(17)3/h7-13H,5H2,1-3H3. The minimum Gasteiger partial charge on any atom is -0.378 e. The molecule has 0 atom stereocenters. The lowest BCUT2D eigenvalue weighted by Crippen LogP contribution is -2.08. The van der Waals surface area contributed by atoms with Crippen LogP contribution in [-0.4, -0.2) is 23.6 Å². The van der Waals surface area contributed by atoms with Crippen LogP contribution in [0.4, 0.5) is 5.69 Å². The average Bonchev–Trinajstić information content (AvgIpc) is 2.84. The molecule has 0 saturated carbocycles. The molecule has 1 aromatic carbocycles. The Morgan fingerprint density at radius 1 is 1.13 bits per heavy atom. The summed E-state index contributed by atoms with van der Waals surface area (Å²) in [5.74, 6) is 6.51. The molecule has 0 unspecified atom stereocenters. The Kier molecular flexibility index (Phi) is 4.40. The van der Waals surface area contributed by atoms with E-state index in [2.05, 4.69) is 74.1 Å². The van der Waals surface area contributed by atoms with Gasteiger partial charge in [0.15, 0.2) is 0 Å². The third-order valence-electron chi connectivity index (χ3n) is 3.80. The molecule has 0 amide bonds. The zero-order valence-electron chi connectivity index (χ0n) is 13.5. The highest BCUT2D eigenvalue weighted by atomic mass is 79.9. The summed E-state index contributed by atoms with van der Waals surface area (Å²) in [6.07, 6.45) is 0.742. The molecule has 0 bridgehead atoms. The largest absolute Gasteiger partial charge is 0.378 e. The third kappa shape index (κ3) is 3.40. The number of halogens is 1. The molecule has 3 nitrogen and oxygen atoms in total. The van der Waals surface area contributed by atoms with Gasteiger partial charge in [-0.1, -0.05) is 18.1 Å².